The minimum Gasteiger partial charge on any atom is -0.391 e. The van der Waals surface area contributed by atoms with Crippen molar-refractivity contribution >= 4 is 10.8 Å². The van der Waals surface area contributed by atoms with Crippen molar-refractivity contribution in [2.24, 2.45) is 5.41 Å². The van der Waals surface area contributed by atoms with Crippen molar-refractivity contribution in [3.8, 4) is 0 Å². The van der Waals surface area contributed by atoms with Gasteiger partial charge in [0.2, 0.25) is 0 Å². The van der Waals surface area contributed by atoms with Gasteiger partial charge in [-0.05, 0) is 12.8 Å². The molecule has 1 N–H and O–H groups in total. The van der Waals surface area contributed by atoms with Crippen molar-refractivity contribution in [2.75, 3.05) is 5.75 Å². The largest absolute Gasteiger partial charge is 0.391 e. The van der Waals surface area contributed by atoms with E-state index in [-0.39, 0.29) is 10.7 Å². The molecule has 0 aromatic heterocycles. The zero-order chi connectivity index (χ0) is 8.77. The van der Waals surface area contributed by atoms with Gasteiger partial charge in [-0.25, -0.2) is 0 Å². The van der Waals surface area contributed by atoms with Crippen LogP contribution in [0.25, 0.3) is 0 Å². The topological polar surface area (TPSA) is 37.3 Å². The number of hydrogen-bond acceptors (Lipinski definition) is 2. The minimum absolute atomic E-state index is 0.192. The van der Waals surface area contributed by atoms with Crippen LogP contribution in [-0.4, -0.2) is 26.4 Å². The van der Waals surface area contributed by atoms with Gasteiger partial charge in [0, 0.05) is 21.5 Å². The zero-order valence-corrected chi connectivity index (χ0v) is 8.01. The van der Waals surface area contributed by atoms with Crippen molar-refractivity contribution in [3.05, 3.63) is 12.2 Å². The first-order valence-corrected chi connectivity index (χ1v) is 5.76. The van der Waals surface area contributed by atoms with Crippen LogP contribution in [0.3, 0.4) is 0 Å². The van der Waals surface area contributed by atoms with E-state index in [1.54, 1.807) is 0 Å². The van der Waals surface area contributed by atoms with Crippen molar-refractivity contribution in [1.82, 2.24) is 0 Å². The Morgan fingerprint density at radius 2 is 2.42 bits per heavy atom. The van der Waals surface area contributed by atoms with Gasteiger partial charge in [-0.2, -0.15) is 0 Å². The molecule has 3 heteroatoms. The summed E-state index contributed by atoms with van der Waals surface area (Å²) in [6.45, 7) is 2.02. The molecule has 68 valence electrons. The molecule has 0 amide bonds. The molecule has 0 bridgehead atoms. The molecule has 0 radical (unpaired) electrons. The highest BCUT2D eigenvalue weighted by Gasteiger charge is 2.49. The van der Waals surface area contributed by atoms with Crippen LogP contribution in [-0.2, 0) is 10.8 Å². The maximum Gasteiger partial charge on any atom is 0.0754 e. The average Bonchev–Trinajstić information content (AvgIpc) is 2.25. The molecule has 0 spiro atoms. The smallest absolute Gasteiger partial charge is 0.0754 e. The van der Waals surface area contributed by atoms with Crippen LogP contribution in [0.1, 0.15) is 19.8 Å². The highest BCUT2D eigenvalue weighted by molar-refractivity contribution is 7.86. The first-order valence-electron chi connectivity index (χ1n) is 4.37. The first-order chi connectivity index (χ1) is 5.64. The van der Waals surface area contributed by atoms with E-state index in [1.165, 1.54) is 0 Å². The van der Waals surface area contributed by atoms with Gasteiger partial charge in [-0.1, -0.05) is 19.1 Å². The summed E-state index contributed by atoms with van der Waals surface area (Å²) in [5.41, 5.74) is -0.205. The summed E-state index contributed by atoms with van der Waals surface area (Å²) in [6, 6.07) is 0. The lowest BCUT2D eigenvalue weighted by Gasteiger charge is -2.32. The summed E-state index contributed by atoms with van der Waals surface area (Å²) in [4.78, 5) is 0. The van der Waals surface area contributed by atoms with E-state index >= 15 is 0 Å². The van der Waals surface area contributed by atoms with Crippen LogP contribution < -0.4 is 0 Å². The maximum atomic E-state index is 11.5. The highest BCUT2D eigenvalue weighted by atomic mass is 32.2. The van der Waals surface area contributed by atoms with Crippen molar-refractivity contribution < 1.29 is 9.32 Å². The van der Waals surface area contributed by atoms with Gasteiger partial charge in [0.25, 0.3) is 0 Å². The third-order valence-corrected chi connectivity index (χ3v) is 5.15. The third kappa shape index (κ3) is 0.995. The summed E-state index contributed by atoms with van der Waals surface area (Å²) >= 11 is 0. The first kappa shape index (κ1) is 8.45. The number of hydrogen-bond donors (Lipinski definition) is 1. The van der Waals surface area contributed by atoms with Crippen LogP contribution in [0.4, 0.5) is 0 Å². The monoisotopic (exact) mass is 186 g/mol. The Kier molecular flexibility index (Phi) is 1.88. The van der Waals surface area contributed by atoms with Gasteiger partial charge in [-0.15, -0.1) is 0 Å². The average molecular weight is 186 g/mol. The molecule has 1 unspecified atom stereocenters. The Labute approximate surface area is 75.1 Å². The fourth-order valence-corrected chi connectivity index (χ4v) is 4.30. The number of rotatable bonds is 0. The highest BCUT2D eigenvalue weighted by Crippen LogP contribution is 2.43. The normalized spacial score (nSPS) is 52.3. The molecular formula is C9H14O2S. The lowest BCUT2D eigenvalue weighted by Crippen LogP contribution is -2.36. The molecular weight excluding hydrogens is 172 g/mol. The van der Waals surface area contributed by atoms with Crippen LogP contribution in [0.2, 0.25) is 0 Å². The van der Waals surface area contributed by atoms with E-state index < -0.39 is 16.9 Å². The van der Waals surface area contributed by atoms with E-state index in [0.717, 1.165) is 12.8 Å². The number of aliphatic hydroxyl groups excluding tert-OH is 1. The van der Waals surface area contributed by atoms with Crippen LogP contribution >= 0.6 is 0 Å². The van der Waals surface area contributed by atoms with Gasteiger partial charge < -0.3 is 5.11 Å². The molecule has 0 saturated carbocycles. The SMILES string of the molecule is C[C@]12C=CCC[C@H]1S(=O)C[C@@H]2O. The molecule has 4 atom stereocenters. The second kappa shape index (κ2) is 2.67. The Balaban J connectivity index is 2.37. The molecule has 1 aliphatic carbocycles. The zero-order valence-electron chi connectivity index (χ0n) is 7.19. The van der Waals surface area contributed by atoms with Crippen molar-refractivity contribution in [1.29, 1.82) is 0 Å². The third-order valence-electron chi connectivity index (χ3n) is 3.12. The van der Waals surface area contributed by atoms with E-state index in [2.05, 4.69) is 12.2 Å². The van der Waals surface area contributed by atoms with Crippen molar-refractivity contribution in [2.45, 2.75) is 31.1 Å². The predicted octanol–water partition coefficient (Wildman–Crippen LogP) is 0.835. The summed E-state index contributed by atoms with van der Waals surface area (Å²) in [7, 11) is -0.810. The number of fused-ring (bicyclic) bond motifs is 1. The molecule has 0 aromatic rings. The molecule has 2 aliphatic rings. The number of allylic oxidation sites excluding steroid dienone is 1. The summed E-state index contributed by atoms with van der Waals surface area (Å²) in [6.07, 6.45) is 5.73. The van der Waals surface area contributed by atoms with Gasteiger partial charge in [-0.3, -0.25) is 4.21 Å². The van der Waals surface area contributed by atoms with Crippen LogP contribution in [0.5, 0.6) is 0 Å². The van der Waals surface area contributed by atoms with Gasteiger partial charge in [0.15, 0.2) is 0 Å². The Bertz CT molecular complexity index is 249. The van der Waals surface area contributed by atoms with Crippen LogP contribution in [0.15, 0.2) is 12.2 Å². The molecule has 2 nitrogen and oxygen atoms in total. The predicted molar refractivity (Wildman–Crippen MR) is 49.3 cm³/mol. The van der Waals surface area contributed by atoms with Gasteiger partial charge in [0.1, 0.15) is 0 Å². The van der Waals surface area contributed by atoms with Gasteiger partial charge >= 0.3 is 0 Å². The summed E-state index contributed by atoms with van der Waals surface area (Å²) < 4.78 is 11.5. The van der Waals surface area contributed by atoms with Gasteiger partial charge in [0.05, 0.1) is 11.9 Å². The molecule has 1 aliphatic heterocycles. The molecule has 2 rings (SSSR count). The molecule has 1 fully saturated rings. The Hall–Kier alpha value is -0.150. The van der Waals surface area contributed by atoms with Crippen molar-refractivity contribution in [3.63, 3.8) is 0 Å². The maximum absolute atomic E-state index is 11.5. The fraction of sp³-hybridized carbons (Fsp3) is 0.778. The van der Waals surface area contributed by atoms with E-state index in [1.807, 2.05) is 6.92 Å². The molecule has 1 saturated heterocycles. The Morgan fingerprint density at radius 3 is 3.08 bits per heavy atom. The molecule has 0 aromatic carbocycles. The van der Waals surface area contributed by atoms with E-state index in [4.69, 9.17) is 0 Å². The molecule has 1 heterocycles. The fourth-order valence-electron chi connectivity index (χ4n) is 2.19. The van der Waals surface area contributed by atoms with E-state index in [9.17, 15) is 9.32 Å². The second-order valence-corrected chi connectivity index (χ2v) is 5.56. The summed E-state index contributed by atoms with van der Waals surface area (Å²) in [5.74, 6) is 0.464. The lowest BCUT2D eigenvalue weighted by atomic mass is 9.77. The standard InChI is InChI=1S/C9H14O2S/c1-9-5-3-2-4-8(9)12(11)6-7(9)10/h3,5,7-8,10H,2,4,6H2,1H3/t7-,8+,9+,12?/m0/s1. The second-order valence-electron chi connectivity index (χ2n) is 3.90. The number of aliphatic hydroxyl groups is 1. The Morgan fingerprint density at radius 1 is 1.67 bits per heavy atom. The lowest BCUT2D eigenvalue weighted by molar-refractivity contribution is 0.0960. The van der Waals surface area contributed by atoms with E-state index in [0.29, 0.717) is 5.75 Å². The summed E-state index contributed by atoms with van der Waals surface area (Å²) in [5, 5.41) is 9.90. The van der Waals surface area contributed by atoms with Crippen LogP contribution in [0, 0.1) is 5.41 Å². The minimum atomic E-state index is -0.810. The molecule has 12 heavy (non-hydrogen) atoms. The quantitative estimate of drug-likeness (QED) is 0.569.